The molecule has 0 fully saturated rings. The zero-order valence-corrected chi connectivity index (χ0v) is 35.1. The number of oxazole rings is 2. The average Bonchev–Trinajstić information content (AvgIpc) is 3.92. The molecule has 2 amide bonds. The molecular formula is C49H38ClF3N5O6+. The van der Waals surface area contributed by atoms with E-state index in [0.717, 1.165) is 34.0 Å². The Balaban J connectivity index is 0.000000175. The molecule has 0 unspecified atom stereocenters. The van der Waals surface area contributed by atoms with Crippen molar-refractivity contribution in [3.05, 3.63) is 163 Å². The van der Waals surface area contributed by atoms with Crippen LogP contribution in [0.15, 0.2) is 161 Å². The summed E-state index contributed by atoms with van der Waals surface area (Å²) in [6.07, 6.45) is -2.49. The number of hydrogen-bond donors (Lipinski definition) is 2. The number of nitrogens with zero attached hydrogens (tertiary/aromatic N) is 3. The summed E-state index contributed by atoms with van der Waals surface area (Å²) in [5, 5.41) is 7.17. The number of anilines is 2. The molecule has 0 aliphatic rings. The molecule has 3 heterocycles. The molecule has 0 radical (unpaired) electrons. The van der Waals surface area contributed by atoms with Gasteiger partial charge in [0.25, 0.3) is 11.8 Å². The zero-order valence-electron chi connectivity index (χ0n) is 34.4. The van der Waals surface area contributed by atoms with Crippen molar-refractivity contribution in [3.63, 3.8) is 0 Å². The van der Waals surface area contributed by atoms with Gasteiger partial charge >= 0.3 is 6.18 Å². The van der Waals surface area contributed by atoms with Gasteiger partial charge in [0.2, 0.25) is 11.8 Å². The van der Waals surface area contributed by atoms with Crippen LogP contribution in [0, 0.1) is 0 Å². The first-order chi connectivity index (χ1) is 30.8. The minimum absolute atomic E-state index is 0.121. The number of amides is 2. The second-order valence-corrected chi connectivity index (χ2v) is 15.0. The number of hydrogen-bond acceptors (Lipinski definition) is 8. The molecular weight excluding hydrogens is 847 g/mol. The van der Waals surface area contributed by atoms with Gasteiger partial charge in [-0.1, -0.05) is 66.2 Å². The Morgan fingerprint density at radius 1 is 0.656 bits per heavy atom. The third kappa shape index (κ3) is 9.98. The van der Waals surface area contributed by atoms with Gasteiger partial charge in [0.05, 0.1) is 10.6 Å². The number of aryl methyl sites for hydroxylation is 1. The fraction of sp³-hybridized carbons (Fsp3) is 0.122. The second-order valence-electron chi connectivity index (χ2n) is 14.6. The molecule has 9 rings (SSSR count). The first kappa shape index (κ1) is 43.0. The highest BCUT2D eigenvalue weighted by Crippen LogP contribution is 2.37. The summed E-state index contributed by atoms with van der Waals surface area (Å²) in [6.45, 7) is 3.17. The normalized spacial score (nSPS) is 12.3. The highest BCUT2D eigenvalue weighted by Gasteiger charge is 2.34. The van der Waals surface area contributed by atoms with Crippen LogP contribution in [0.1, 0.15) is 19.4 Å². The number of pyridine rings is 1. The number of fused-ring (bicyclic) bond motifs is 3. The smallest absolute Gasteiger partial charge is 0.417 e. The number of rotatable bonds is 10. The fourth-order valence-electron chi connectivity index (χ4n) is 6.56. The topological polar surface area (TPSA) is 133 Å². The van der Waals surface area contributed by atoms with Gasteiger partial charge in [-0.2, -0.15) is 13.2 Å². The van der Waals surface area contributed by atoms with Crippen LogP contribution >= 0.6 is 11.6 Å². The van der Waals surface area contributed by atoms with Crippen LogP contribution in [0.5, 0.6) is 11.5 Å². The van der Waals surface area contributed by atoms with Crippen LogP contribution in [-0.4, -0.2) is 34.0 Å². The number of carbonyl (C=O) groups excluding carboxylic acids is 2. The molecule has 0 saturated carbocycles. The lowest BCUT2D eigenvalue weighted by Crippen LogP contribution is -2.30. The predicted octanol–water partition coefficient (Wildman–Crippen LogP) is 11.5. The molecule has 11 nitrogen and oxygen atoms in total. The number of nitrogens with one attached hydrogen (secondary N) is 2. The molecule has 3 aromatic heterocycles. The maximum atomic E-state index is 13.0. The van der Waals surface area contributed by atoms with E-state index in [1.165, 1.54) is 13.0 Å². The van der Waals surface area contributed by atoms with E-state index < -0.39 is 34.9 Å². The lowest BCUT2D eigenvalue weighted by Gasteiger charge is -2.16. The standard InChI is InChI=1S/C26H21N3O3.C23H16ClF3N2O3/c1-17(31-23-9-5-7-18-6-3-4-8-21(18)23)25(30)27-20-10-11-24-22(16-20)28-26(32-24)19-12-14-29(2)15-13-19;1-13(31-16-8-9-18(24)17(12-16)23(25,26)27)21(30)28-15-7-10-20-19(11-15)29-22(32-20)14-5-3-2-4-6-14/h3-17H,1-2H3;2-13H,1H3,(H,28,30)/p+1/t17-;13-/m00/s1. The first-order valence-corrected chi connectivity index (χ1v) is 20.3. The second kappa shape index (κ2) is 18.3. The summed E-state index contributed by atoms with van der Waals surface area (Å²) in [6, 6.07) is 40.5. The van der Waals surface area contributed by atoms with Gasteiger partial charge in [-0.05, 0) is 92.0 Å². The lowest BCUT2D eigenvalue weighted by atomic mass is 10.1. The summed E-state index contributed by atoms with van der Waals surface area (Å²) >= 11 is 5.61. The van der Waals surface area contributed by atoms with Crippen LogP contribution in [0.3, 0.4) is 0 Å². The maximum absolute atomic E-state index is 13.0. The average molecular weight is 885 g/mol. The number of halogens is 4. The molecule has 0 aliphatic heterocycles. The third-order valence-corrected chi connectivity index (χ3v) is 10.2. The van der Waals surface area contributed by atoms with E-state index in [9.17, 15) is 22.8 Å². The minimum atomic E-state index is -4.63. The maximum Gasteiger partial charge on any atom is 0.417 e. The Labute approximate surface area is 369 Å². The van der Waals surface area contributed by atoms with Crippen LogP contribution in [0.2, 0.25) is 5.02 Å². The van der Waals surface area contributed by atoms with Gasteiger partial charge < -0.3 is 28.9 Å². The minimum Gasteiger partial charge on any atom is -0.481 e. The summed E-state index contributed by atoms with van der Waals surface area (Å²) < 4.78 is 64.0. The molecule has 15 heteroatoms. The van der Waals surface area contributed by atoms with Crippen LogP contribution in [-0.2, 0) is 22.8 Å². The van der Waals surface area contributed by atoms with Crippen molar-refractivity contribution in [2.45, 2.75) is 32.2 Å². The van der Waals surface area contributed by atoms with E-state index in [1.54, 1.807) is 43.3 Å². The van der Waals surface area contributed by atoms with Crippen molar-refractivity contribution >= 4 is 67.8 Å². The van der Waals surface area contributed by atoms with Crippen molar-refractivity contribution in [3.8, 4) is 34.4 Å². The summed E-state index contributed by atoms with van der Waals surface area (Å²) in [4.78, 5) is 34.3. The molecule has 9 aromatic rings. The van der Waals surface area contributed by atoms with Crippen molar-refractivity contribution in [2.24, 2.45) is 7.05 Å². The van der Waals surface area contributed by atoms with E-state index in [1.807, 2.05) is 109 Å². The zero-order chi connectivity index (χ0) is 45.0. The molecule has 0 saturated heterocycles. The van der Waals surface area contributed by atoms with Crippen molar-refractivity contribution in [2.75, 3.05) is 10.6 Å². The number of aromatic nitrogens is 3. The van der Waals surface area contributed by atoms with Gasteiger partial charge in [0.1, 0.15) is 29.6 Å². The van der Waals surface area contributed by atoms with Gasteiger partial charge in [-0.15, -0.1) is 0 Å². The van der Waals surface area contributed by atoms with Gasteiger partial charge in [0, 0.05) is 40.0 Å². The third-order valence-electron chi connectivity index (χ3n) is 9.90. The predicted molar refractivity (Wildman–Crippen MR) is 238 cm³/mol. The molecule has 322 valence electrons. The molecule has 0 bridgehead atoms. The van der Waals surface area contributed by atoms with E-state index >= 15 is 0 Å². The van der Waals surface area contributed by atoms with Crippen LogP contribution in [0.25, 0.3) is 55.9 Å². The quantitative estimate of drug-likeness (QED) is 0.130. The monoisotopic (exact) mass is 884 g/mol. The summed E-state index contributed by atoms with van der Waals surface area (Å²) in [5.41, 5.74) is 4.18. The molecule has 0 aliphatic carbocycles. The molecule has 2 N–H and O–H groups in total. The van der Waals surface area contributed by atoms with Gasteiger partial charge in [-0.25, -0.2) is 14.5 Å². The number of carbonyl (C=O) groups is 2. The van der Waals surface area contributed by atoms with Gasteiger partial charge in [-0.3, -0.25) is 9.59 Å². The van der Waals surface area contributed by atoms with Crippen LogP contribution < -0.4 is 24.7 Å². The van der Waals surface area contributed by atoms with E-state index in [4.69, 9.17) is 29.9 Å². The SMILES string of the molecule is C[C@H](Oc1ccc(Cl)c(C(F)(F)F)c1)C(=O)Nc1ccc2oc(-c3ccccc3)nc2c1.C[C@H](Oc1cccc2ccccc12)C(=O)Nc1ccc2oc(-c3cc[n+](C)cc3)nc2c1. The fourth-order valence-corrected chi connectivity index (χ4v) is 6.79. The van der Waals surface area contributed by atoms with E-state index in [0.29, 0.717) is 51.1 Å². The number of ether oxygens (including phenoxy) is 2. The molecule has 0 spiro atoms. The van der Waals surface area contributed by atoms with Crippen molar-refractivity contribution < 1.29 is 45.6 Å². The van der Waals surface area contributed by atoms with E-state index in [-0.39, 0.29) is 11.7 Å². The summed E-state index contributed by atoms with van der Waals surface area (Å²) in [5.74, 6) is 0.763. The Hall–Kier alpha value is -7.71. The largest absolute Gasteiger partial charge is 0.481 e. The van der Waals surface area contributed by atoms with E-state index in [2.05, 4.69) is 20.6 Å². The number of alkyl halides is 3. The summed E-state index contributed by atoms with van der Waals surface area (Å²) in [7, 11) is 1.95. The van der Waals surface area contributed by atoms with Gasteiger partial charge in [0.15, 0.2) is 35.8 Å². The highest BCUT2D eigenvalue weighted by molar-refractivity contribution is 6.31. The molecule has 6 aromatic carbocycles. The Bertz CT molecular complexity index is 3110. The van der Waals surface area contributed by atoms with Crippen LogP contribution in [0.4, 0.5) is 24.5 Å². The Kier molecular flexibility index (Phi) is 12.3. The Morgan fingerprint density at radius 3 is 1.81 bits per heavy atom. The molecule has 2 atom stereocenters. The van der Waals surface area contributed by atoms with Crippen molar-refractivity contribution in [1.29, 1.82) is 0 Å². The lowest BCUT2D eigenvalue weighted by molar-refractivity contribution is -0.671. The first-order valence-electron chi connectivity index (χ1n) is 19.9. The molecule has 64 heavy (non-hydrogen) atoms. The van der Waals surface area contributed by atoms with Crippen molar-refractivity contribution in [1.82, 2.24) is 9.97 Å². The Morgan fingerprint density at radius 2 is 1.20 bits per heavy atom. The number of benzene rings is 6. The highest BCUT2D eigenvalue weighted by atomic mass is 35.5.